The van der Waals surface area contributed by atoms with Gasteiger partial charge in [0.1, 0.15) is 0 Å². The van der Waals surface area contributed by atoms with Gasteiger partial charge in [0.25, 0.3) is 0 Å². The number of aromatic nitrogens is 2. The lowest BCUT2D eigenvalue weighted by Crippen LogP contribution is -2.25. The Morgan fingerprint density at radius 2 is 1.79 bits per heavy atom. The first-order valence-electron chi connectivity index (χ1n) is 7.64. The maximum atomic E-state index is 5.95. The van der Waals surface area contributed by atoms with E-state index in [4.69, 9.17) is 5.73 Å². The van der Waals surface area contributed by atoms with Gasteiger partial charge in [-0.15, -0.1) is 5.10 Å². The van der Waals surface area contributed by atoms with Crippen LogP contribution in [-0.2, 0) is 19.4 Å². The first-order chi connectivity index (χ1) is 9.30. The molecule has 3 N–H and O–H groups in total. The van der Waals surface area contributed by atoms with Crippen LogP contribution in [0.4, 0.5) is 5.82 Å². The molecule has 0 amide bonds. The molecule has 4 nitrogen and oxygen atoms in total. The number of anilines is 1. The topological polar surface area (TPSA) is 63.8 Å². The number of nitrogens with one attached hydrogen (secondary N) is 1. The quantitative estimate of drug-likeness (QED) is 0.856. The Morgan fingerprint density at radius 3 is 2.37 bits per heavy atom. The van der Waals surface area contributed by atoms with Gasteiger partial charge in [-0.25, -0.2) is 0 Å². The minimum absolute atomic E-state index is 0.542. The Balaban J connectivity index is 2.23. The van der Waals surface area contributed by atoms with Gasteiger partial charge >= 0.3 is 0 Å². The van der Waals surface area contributed by atoms with E-state index in [1.165, 1.54) is 43.2 Å². The molecule has 0 radical (unpaired) electrons. The molecule has 1 aliphatic carbocycles. The highest BCUT2D eigenvalue weighted by atomic mass is 15.2. The Morgan fingerprint density at radius 1 is 1.05 bits per heavy atom. The van der Waals surface area contributed by atoms with Crippen molar-refractivity contribution < 1.29 is 0 Å². The van der Waals surface area contributed by atoms with Gasteiger partial charge in [0, 0.05) is 18.2 Å². The van der Waals surface area contributed by atoms with E-state index in [0.29, 0.717) is 12.6 Å². The molecule has 19 heavy (non-hydrogen) atoms. The van der Waals surface area contributed by atoms with Crippen molar-refractivity contribution in [2.45, 2.75) is 71.4 Å². The minimum atomic E-state index is 0.542. The Bertz CT molecular complexity index is 411. The van der Waals surface area contributed by atoms with Crippen molar-refractivity contribution in [1.29, 1.82) is 0 Å². The van der Waals surface area contributed by atoms with Crippen LogP contribution in [0, 0.1) is 0 Å². The molecule has 0 bridgehead atoms. The average Bonchev–Trinajstić information content (AvgIpc) is 2.47. The average molecular weight is 262 g/mol. The Labute approximate surface area is 116 Å². The van der Waals surface area contributed by atoms with Crippen LogP contribution in [0.15, 0.2) is 0 Å². The molecule has 2 rings (SSSR count). The lowest BCUT2D eigenvalue weighted by atomic mass is 9.95. The maximum absolute atomic E-state index is 5.95. The van der Waals surface area contributed by atoms with Crippen molar-refractivity contribution in [3.63, 3.8) is 0 Å². The van der Waals surface area contributed by atoms with E-state index < -0.39 is 0 Å². The second-order valence-electron chi connectivity index (χ2n) is 5.34. The Kier molecular flexibility index (Phi) is 5.14. The number of hydrogen-bond donors (Lipinski definition) is 2. The second kappa shape index (κ2) is 6.85. The van der Waals surface area contributed by atoms with E-state index >= 15 is 0 Å². The standard InChI is InChI=1S/C15H26N4/c1-3-12-13(10-16)15(19-18-14(12)4-2)17-11-8-6-5-7-9-11/h11H,3-10,16H2,1-2H3,(H,17,19). The summed E-state index contributed by atoms with van der Waals surface area (Å²) >= 11 is 0. The molecule has 1 saturated carbocycles. The summed E-state index contributed by atoms with van der Waals surface area (Å²) in [6.45, 7) is 4.83. The van der Waals surface area contributed by atoms with Crippen LogP contribution >= 0.6 is 0 Å². The van der Waals surface area contributed by atoms with Gasteiger partial charge in [0.15, 0.2) is 5.82 Å². The number of nitrogens with two attached hydrogens (primary N) is 1. The molecule has 1 aromatic rings. The summed E-state index contributed by atoms with van der Waals surface area (Å²) in [5.41, 5.74) is 9.50. The minimum Gasteiger partial charge on any atom is -0.366 e. The molecule has 0 aliphatic heterocycles. The molecule has 0 aromatic carbocycles. The molecule has 106 valence electrons. The zero-order valence-corrected chi connectivity index (χ0v) is 12.2. The summed E-state index contributed by atoms with van der Waals surface area (Å²) in [6.07, 6.45) is 8.37. The van der Waals surface area contributed by atoms with E-state index in [1.54, 1.807) is 0 Å². The number of rotatable bonds is 5. The van der Waals surface area contributed by atoms with Crippen LogP contribution in [0.3, 0.4) is 0 Å². The van der Waals surface area contributed by atoms with E-state index in [2.05, 4.69) is 29.4 Å². The van der Waals surface area contributed by atoms with Gasteiger partial charge in [-0.1, -0.05) is 33.1 Å². The highest BCUT2D eigenvalue weighted by Gasteiger charge is 2.18. The predicted octanol–water partition coefficient (Wildman–Crippen LogP) is 2.80. The molecule has 0 spiro atoms. The van der Waals surface area contributed by atoms with Crippen LogP contribution in [0.5, 0.6) is 0 Å². The molecule has 1 fully saturated rings. The van der Waals surface area contributed by atoms with Crippen LogP contribution in [0.25, 0.3) is 0 Å². The molecule has 4 heteroatoms. The molecular weight excluding hydrogens is 236 g/mol. The summed E-state index contributed by atoms with van der Waals surface area (Å²) in [4.78, 5) is 0. The van der Waals surface area contributed by atoms with Gasteiger partial charge in [0.2, 0.25) is 0 Å². The van der Waals surface area contributed by atoms with Crippen molar-refractivity contribution in [3.05, 3.63) is 16.8 Å². The fraction of sp³-hybridized carbons (Fsp3) is 0.733. The third kappa shape index (κ3) is 3.24. The van der Waals surface area contributed by atoms with Crippen molar-refractivity contribution >= 4 is 5.82 Å². The zero-order valence-electron chi connectivity index (χ0n) is 12.2. The summed E-state index contributed by atoms with van der Waals surface area (Å²) in [7, 11) is 0. The van der Waals surface area contributed by atoms with Gasteiger partial charge in [-0.2, -0.15) is 5.10 Å². The Hall–Kier alpha value is -1.16. The lowest BCUT2D eigenvalue weighted by molar-refractivity contribution is 0.461. The maximum Gasteiger partial charge on any atom is 0.153 e. The van der Waals surface area contributed by atoms with Gasteiger partial charge < -0.3 is 11.1 Å². The van der Waals surface area contributed by atoms with Gasteiger partial charge in [-0.05, 0) is 31.2 Å². The van der Waals surface area contributed by atoms with Crippen molar-refractivity contribution in [2.75, 3.05) is 5.32 Å². The summed E-state index contributed by atoms with van der Waals surface area (Å²) in [5, 5.41) is 12.3. The van der Waals surface area contributed by atoms with E-state index in [-0.39, 0.29) is 0 Å². The predicted molar refractivity (Wildman–Crippen MR) is 79.2 cm³/mol. The largest absolute Gasteiger partial charge is 0.366 e. The third-order valence-corrected chi connectivity index (χ3v) is 4.11. The third-order valence-electron chi connectivity index (χ3n) is 4.11. The van der Waals surface area contributed by atoms with E-state index in [1.807, 2.05) is 0 Å². The number of hydrogen-bond acceptors (Lipinski definition) is 4. The lowest BCUT2D eigenvalue weighted by Gasteiger charge is -2.25. The van der Waals surface area contributed by atoms with Gasteiger partial charge in [0.05, 0.1) is 5.69 Å². The SMILES string of the molecule is CCc1nnc(NC2CCCCC2)c(CN)c1CC. The molecule has 1 heterocycles. The first-order valence-corrected chi connectivity index (χ1v) is 7.64. The fourth-order valence-corrected chi connectivity index (χ4v) is 3.03. The van der Waals surface area contributed by atoms with Crippen LogP contribution in [0.1, 0.15) is 62.8 Å². The monoisotopic (exact) mass is 262 g/mol. The molecule has 0 saturated heterocycles. The highest BCUT2D eigenvalue weighted by molar-refractivity contribution is 5.49. The van der Waals surface area contributed by atoms with E-state index in [0.717, 1.165) is 24.4 Å². The van der Waals surface area contributed by atoms with Crippen molar-refractivity contribution in [1.82, 2.24) is 10.2 Å². The molecular formula is C15H26N4. The first kappa shape index (κ1) is 14.3. The smallest absolute Gasteiger partial charge is 0.153 e. The molecule has 1 aliphatic rings. The highest BCUT2D eigenvalue weighted by Crippen LogP contribution is 2.25. The van der Waals surface area contributed by atoms with Crippen LogP contribution in [0.2, 0.25) is 0 Å². The molecule has 0 atom stereocenters. The molecule has 0 unspecified atom stereocenters. The van der Waals surface area contributed by atoms with Crippen molar-refractivity contribution in [3.8, 4) is 0 Å². The van der Waals surface area contributed by atoms with Gasteiger partial charge in [-0.3, -0.25) is 0 Å². The summed E-state index contributed by atoms with van der Waals surface area (Å²) < 4.78 is 0. The fourth-order valence-electron chi connectivity index (χ4n) is 3.03. The van der Waals surface area contributed by atoms with E-state index in [9.17, 15) is 0 Å². The normalized spacial score (nSPS) is 16.6. The number of aryl methyl sites for hydroxylation is 1. The summed E-state index contributed by atoms with van der Waals surface area (Å²) in [5.74, 6) is 0.920. The van der Waals surface area contributed by atoms with Crippen LogP contribution in [-0.4, -0.2) is 16.2 Å². The van der Waals surface area contributed by atoms with Crippen molar-refractivity contribution in [2.24, 2.45) is 5.73 Å². The molecule has 1 aromatic heterocycles. The summed E-state index contributed by atoms with van der Waals surface area (Å²) in [6, 6.07) is 0.547. The van der Waals surface area contributed by atoms with Crippen LogP contribution < -0.4 is 11.1 Å². The zero-order chi connectivity index (χ0) is 13.7. The second-order valence-corrected chi connectivity index (χ2v) is 5.34. The number of nitrogens with zero attached hydrogens (tertiary/aromatic N) is 2.